The van der Waals surface area contributed by atoms with Crippen LogP contribution in [0.2, 0.25) is 0 Å². The lowest BCUT2D eigenvalue weighted by molar-refractivity contribution is -0.116. The standard InChI is InChI=1S/C35H43N5O3/c1-22(2)14-26-16-27(17-26)34-37-38-35(40(34)29-11-12-29)28(19-32(41)36-31-13-10-23(3)15-24(31)4)18-30-20-33(39-43-30)42-21-25-8-6-5-7-9-25/h5-10,13,15,20,22,26-29H,11-12,14,16-19,21H2,1-4H3,(H,36,41)/t26-,27+,28?. The van der Waals surface area contributed by atoms with Gasteiger partial charge in [0.15, 0.2) is 0 Å². The Kier molecular flexibility index (Phi) is 8.63. The summed E-state index contributed by atoms with van der Waals surface area (Å²) in [5.41, 5.74) is 4.11. The number of benzene rings is 2. The minimum Gasteiger partial charge on any atom is -0.471 e. The molecule has 0 bridgehead atoms. The number of carbonyl (C=O) groups excluding carboxylic acids is 1. The zero-order valence-electron chi connectivity index (χ0n) is 25.8. The molecule has 0 aliphatic heterocycles. The number of nitrogens with one attached hydrogen (secondary N) is 1. The Morgan fingerprint density at radius 1 is 1.07 bits per heavy atom. The molecular formula is C35H43N5O3. The first kappa shape index (κ1) is 29.1. The van der Waals surface area contributed by atoms with Gasteiger partial charge in [-0.25, -0.2) is 0 Å². The van der Waals surface area contributed by atoms with Crippen molar-refractivity contribution in [3.8, 4) is 5.88 Å². The molecule has 0 saturated heterocycles. The summed E-state index contributed by atoms with van der Waals surface area (Å²) in [4.78, 5) is 13.5. The SMILES string of the molecule is Cc1ccc(NC(=O)CC(Cc2cc(OCc3ccccc3)no2)c2nnc([C@H]3C[C@@H](CC(C)C)C3)n2C2CC2)c(C)c1. The van der Waals surface area contributed by atoms with Crippen molar-refractivity contribution in [2.75, 3.05) is 5.32 Å². The fourth-order valence-corrected chi connectivity index (χ4v) is 6.45. The van der Waals surface area contributed by atoms with Crippen LogP contribution in [0.1, 0.15) is 104 Å². The van der Waals surface area contributed by atoms with Crippen molar-refractivity contribution in [2.45, 2.75) is 97.1 Å². The predicted octanol–water partition coefficient (Wildman–Crippen LogP) is 7.69. The molecule has 1 unspecified atom stereocenters. The topological polar surface area (TPSA) is 95.1 Å². The van der Waals surface area contributed by atoms with Crippen LogP contribution in [0.5, 0.6) is 5.88 Å². The number of rotatable bonds is 13. The number of nitrogens with zero attached hydrogens (tertiary/aromatic N) is 4. The van der Waals surface area contributed by atoms with E-state index < -0.39 is 0 Å². The number of aromatic nitrogens is 4. The summed E-state index contributed by atoms with van der Waals surface area (Å²) in [6.45, 7) is 9.08. The molecule has 2 aliphatic carbocycles. The van der Waals surface area contributed by atoms with Crippen LogP contribution in [0.15, 0.2) is 59.1 Å². The Bertz CT molecular complexity index is 1530. The van der Waals surface area contributed by atoms with E-state index in [4.69, 9.17) is 19.5 Å². The zero-order chi connectivity index (χ0) is 29.9. The van der Waals surface area contributed by atoms with Crippen LogP contribution >= 0.6 is 0 Å². The average Bonchev–Trinajstić information content (AvgIpc) is 3.54. The molecule has 6 rings (SSSR count). The molecule has 2 aromatic heterocycles. The van der Waals surface area contributed by atoms with E-state index in [0.29, 0.717) is 42.5 Å². The molecule has 2 saturated carbocycles. The lowest BCUT2D eigenvalue weighted by Gasteiger charge is -2.36. The van der Waals surface area contributed by atoms with Crippen molar-refractivity contribution < 1.29 is 14.1 Å². The van der Waals surface area contributed by atoms with Crippen LogP contribution in [0.25, 0.3) is 0 Å². The fraction of sp³-hybridized carbons (Fsp3) is 0.486. The Morgan fingerprint density at radius 3 is 2.58 bits per heavy atom. The summed E-state index contributed by atoms with van der Waals surface area (Å²) in [6.07, 6.45) is 6.61. The van der Waals surface area contributed by atoms with Crippen molar-refractivity contribution in [1.82, 2.24) is 19.9 Å². The number of anilines is 1. The first-order valence-electron chi connectivity index (χ1n) is 15.8. The molecule has 8 heteroatoms. The number of aryl methyl sites for hydroxylation is 2. The maximum absolute atomic E-state index is 13.5. The molecule has 1 amide bonds. The largest absolute Gasteiger partial charge is 0.471 e. The van der Waals surface area contributed by atoms with Gasteiger partial charge in [-0.05, 0) is 80.1 Å². The lowest BCUT2D eigenvalue weighted by atomic mass is 9.71. The number of carbonyl (C=O) groups is 1. The molecule has 1 atom stereocenters. The molecule has 1 N–H and O–H groups in total. The Balaban J connectivity index is 1.22. The first-order valence-corrected chi connectivity index (χ1v) is 15.8. The second-order valence-electron chi connectivity index (χ2n) is 13.1. The Morgan fingerprint density at radius 2 is 1.86 bits per heavy atom. The monoisotopic (exact) mass is 581 g/mol. The summed E-state index contributed by atoms with van der Waals surface area (Å²) in [7, 11) is 0. The van der Waals surface area contributed by atoms with Gasteiger partial charge in [0.2, 0.25) is 5.91 Å². The van der Waals surface area contributed by atoms with Gasteiger partial charge in [0, 0.05) is 42.5 Å². The average molecular weight is 582 g/mol. The van der Waals surface area contributed by atoms with Crippen LogP contribution in [0, 0.1) is 25.7 Å². The maximum atomic E-state index is 13.5. The van der Waals surface area contributed by atoms with Crippen molar-refractivity contribution in [3.05, 3.63) is 88.7 Å². The van der Waals surface area contributed by atoms with Gasteiger partial charge in [0.1, 0.15) is 24.0 Å². The van der Waals surface area contributed by atoms with Crippen LogP contribution in [-0.4, -0.2) is 25.8 Å². The van der Waals surface area contributed by atoms with E-state index in [1.807, 2.05) is 55.5 Å². The van der Waals surface area contributed by atoms with Gasteiger partial charge < -0.3 is 19.1 Å². The van der Waals surface area contributed by atoms with Gasteiger partial charge >= 0.3 is 0 Å². The highest BCUT2D eigenvalue weighted by Crippen LogP contribution is 2.48. The molecule has 2 aromatic carbocycles. The van der Waals surface area contributed by atoms with Gasteiger partial charge in [-0.2, -0.15) is 0 Å². The second kappa shape index (κ2) is 12.7. The van der Waals surface area contributed by atoms with Crippen molar-refractivity contribution in [3.63, 3.8) is 0 Å². The summed E-state index contributed by atoms with van der Waals surface area (Å²) < 4.78 is 14.0. The highest BCUT2D eigenvalue weighted by atomic mass is 16.5. The number of hydrogen-bond acceptors (Lipinski definition) is 6. The van der Waals surface area contributed by atoms with E-state index in [0.717, 1.165) is 47.2 Å². The van der Waals surface area contributed by atoms with Crippen LogP contribution < -0.4 is 10.1 Å². The van der Waals surface area contributed by atoms with Crippen LogP contribution in [0.4, 0.5) is 5.69 Å². The van der Waals surface area contributed by atoms with Crippen molar-refractivity contribution in [1.29, 1.82) is 0 Å². The van der Waals surface area contributed by atoms with E-state index in [9.17, 15) is 4.79 Å². The van der Waals surface area contributed by atoms with Gasteiger partial charge in [-0.15, -0.1) is 10.2 Å². The fourth-order valence-electron chi connectivity index (χ4n) is 6.45. The quantitative estimate of drug-likeness (QED) is 0.174. The Hall–Kier alpha value is -3.94. The molecule has 226 valence electrons. The van der Waals surface area contributed by atoms with Crippen molar-refractivity contribution >= 4 is 11.6 Å². The normalized spacial score (nSPS) is 18.8. The highest BCUT2D eigenvalue weighted by Gasteiger charge is 2.40. The highest BCUT2D eigenvalue weighted by molar-refractivity contribution is 5.92. The second-order valence-corrected chi connectivity index (χ2v) is 13.1. The van der Waals surface area contributed by atoms with E-state index >= 15 is 0 Å². The summed E-state index contributed by atoms with van der Waals surface area (Å²) in [5, 5.41) is 16.8. The van der Waals surface area contributed by atoms with E-state index in [-0.39, 0.29) is 18.2 Å². The van der Waals surface area contributed by atoms with Crippen LogP contribution in [-0.2, 0) is 17.8 Å². The molecule has 0 radical (unpaired) electrons. The van der Waals surface area contributed by atoms with E-state index in [1.54, 1.807) is 0 Å². The van der Waals surface area contributed by atoms with Gasteiger partial charge in [0.05, 0.1) is 0 Å². The lowest BCUT2D eigenvalue weighted by Crippen LogP contribution is -2.27. The van der Waals surface area contributed by atoms with Gasteiger partial charge in [-0.1, -0.05) is 61.9 Å². The van der Waals surface area contributed by atoms with Crippen molar-refractivity contribution in [2.24, 2.45) is 11.8 Å². The zero-order valence-corrected chi connectivity index (χ0v) is 25.8. The first-order chi connectivity index (χ1) is 20.8. The summed E-state index contributed by atoms with van der Waals surface area (Å²) in [6, 6.07) is 18.3. The number of ether oxygens (including phenoxy) is 1. The molecule has 2 fully saturated rings. The smallest absolute Gasteiger partial charge is 0.254 e. The third-order valence-corrected chi connectivity index (χ3v) is 8.73. The van der Waals surface area contributed by atoms with E-state index in [2.05, 4.69) is 41.9 Å². The van der Waals surface area contributed by atoms with E-state index in [1.165, 1.54) is 24.8 Å². The number of amides is 1. The molecule has 2 aliphatic rings. The third kappa shape index (κ3) is 7.17. The molecule has 8 nitrogen and oxygen atoms in total. The summed E-state index contributed by atoms with van der Waals surface area (Å²) in [5.74, 6) is 4.74. The molecule has 43 heavy (non-hydrogen) atoms. The van der Waals surface area contributed by atoms with Crippen LogP contribution in [0.3, 0.4) is 0 Å². The minimum atomic E-state index is -0.214. The molecule has 0 spiro atoms. The third-order valence-electron chi connectivity index (χ3n) is 8.73. The molecule has 2 heterocycles. The molecular weight excluding hydrogens is 538 g/mol. The predicted molar refractivity (Wildman–Crippen MR) is 166 cm³/mol. The molecule has 4 aromatic rings. The Labute approximate surface area is 254 Å². The number of hydrogen-bond donors (Lipinski definition) is 1. The minimum absolute atomic E-state index is 0.0513. The maximum Gasteiger partial charge on any atom is 0.254 e. The van der Waals surface area contributed by atoms with Gasteiger partial charge in [-0.3, -0.25) is 4.79 Å². The van der Waals surface area contributed by atoms with Gasteiger partial charge in [0.25, 0.3) is 5.88 Å². The summed E-state index contributed by atoms with van der Waals surface area (Å²) >= 11 is 0.